The maximum absolute atomic E-state index is 12.4. The van der Waals surface area contributed by atoms with Gasteiger partial charge in [-0.15, -0.1) is 6.58 Å². The largest absolute Gasteiger partial charge is 0.392 e. The van der Waals surface area contributed by atoms with Gasteiger partial charge in [0.1, 0.15) is 0 Å². The van der Waals surface area contributed by atoms with Crippen molar-refractivity contribution in [3.05, 3.63) is 48.0 Å². The van der Waals surface area contributed by atoms with Crippen LogP contribution in [0.3, 0.4) is 0 Å². The molecule has 5 heteroatoms. The summed E-state index contributed by atoms with van der Waals surface area (Å²) >= 11 is 0. The molecule has 1 saturated carbocycles. The minimum absolute atomic E-state index is 0.00302. The van der Waals surface area contributed by atoms with E-state index in [1.807, 2.05) is 0 Å². The summed E-state index contributed by atoms with van der Waals surface area (Å²) in [6, 6.07) is 7.16. The van der Waals surface area contributed by atoms with Crippen LogP contribution in [0, 0.1) is 0 Å². The van der Waals surface area contributed by atoms with Gasteiger partial charge in [-0.05, 0) is 24.0 Å². The van der Waals surface area contributed by atoms with Crippen LogP contribution in [0.15, 0.2) is 36.9 Å². The molecular formula is C14H19NO3S. The Labute approximate surface area is 114 Å². The molecule has 1 aliphatic rings. The van der Waals surface area contributed by atoms with Crippen LogP contribution < -0.4 is 0 Å². The maximum atomic E-state index is 12.4. The molecule has 0 bridgehead atoms. The third kappa shape index (κ3) is 3.65. The first-order chi connectivity index (χ1) is 9.06. The molecule has 0 heterocycles. The van der Waals surface area contributed by atoms with Gasteiger partial charge in [0.15, 0.2) is 0 Å². The highest BCUT2D eigenvalue weighted by molar-refractivity contribution is 7.88. The van der Waals surface area contributed by atoms with Crippen molar-refractivity contribution in [2.75, 3.05) is 6.54 Å². The highest BCUT2D eigenvalue weighted by atomic mass is 32.2. The molecule has 0 aromatic heterocycles. The number of aliphatic hydroxyl groups excluding tert-OH is 1. The standard InChI is InChI=1S/C14H19NO3S/c1-2-9-15(14-7-8-14)19(17,18)11-13-5-3-12(10-16)4-6-13/h2-6,14,16H,1,7-11H2. The maximum Gasteiger partial charge on any atom is 0.218 e. The normalized spacial score (nSPS) is 15.7. The Morgan fingerprint density at radius 3 is 2.32 bits per heavy atom. The molecule has 0 unspecified atom stereocenters. The van der Waals surface area contributed by atoms with E-state index in [4.69, 9.17) is 5.11 Å². The van der Waals surface area contributed by atoms with Crippen LogP contribution >= 0.6 is 0 Å². The van der Waals surface area contributed by atoms with Gasteiger partial charge in [-0.2, -0.15) is 4.31 Å². The Morgan fingerprint density at radius 2 is 1.84 bits per heavy atom. The van der Waals surface area contributed by atoms with E-state index in [9.17, 15) is 8.42 Å². The zero-order chi connectivity index (χ0) is 13.9. The fraction of sp³-hybridized carbons (Fsp3) is 0.429. The van der Waals surface area contributed by atoms with Crippen molar-refractivity contribution in [2.24, 2.45) is 0 Å². The molecular weight excluding hydrogens is 262 g/mol. The van der Waals surface area contributed by atoms with E-state index in [-0.39, 0.29) is 18.4 Å². The number of hydrogen-bond acceptors (Lipinski definition) is 3. The Morgan fingerprint density at radius 1 is 1.26 bits per heavy atom. The second-order valence-corrected chi connectivity index (χ2v) is 6.74. The Kier molecular flexibility index (Phi) is 4.39. The Balaban J connectivity index is 2.12. The van der Waals surface area contributed by atoms with Crippen molar-refractivity contribution in [1.82, 2.24) is 4.31 Å². The second kappa shape index (κ2) is 5.86. The zero-order valence-electron chi connectivity index (χ0n) is 10.8. The summed E-state index contributed by atoms with van der Waals surface area (Å²) in [5.41, 5.74) is 1.53. The summed E-state index contributed by atoms with van der Waals surface area (Å²) in [7, 11) is -3.29. The van der Waals surface area contributed by atoms with Gasteiger partial charge in [0.05, 0.1) is 12.4 Å². The van der Waals surface area contributed by atoms with E-state index < -0.39 is 10.0 Å². The fourth-order valence-electron chi connectivity index (χ4n) is 2.01. The van der Waals surface area contributed by atoms with Crippen molar-refractivity contribution in [2.45, 2.75) is 31.2 Å². The van der Waals surface area contributed by atoms with Crippen LogP contribution in [0.2, 0.25) is 0 Å². The minimum atomic E-state index is -3.29. The second-order valence-electron chi connectivity index (χ2n) is 4.82. The third-order valence-electron chi connectivity index (χ3n) is 3.18. The first kappa shape index (κ1) is 14.2. The summed E-state index contributed by atoms with van der Waals surface area (Å²) in [6.45, 7) is 3.97. The fourth-order valence-corrected chi connectivity index (χ4v) is 3.79. The molecule has 19 heavy (non-hydrogen) atoms. The van der Waals surface area contributed by atoms with Gasteiger partial charge in [0, 0.05) is 12.6 Å². The molecule has 104 valence electrons. The molecule has 0 spiro atoms. The monoisotopic (exact) mass is 281 g/mol. The van der Waals surface area contributed by atoms with Crippen molar-refractivity contribution in [3.8, 4) is 0 Å². The molecule has 1 fully saturated rings. The number of aliphatic hydroxyl groups is 1. The number of nitrogens with zero attached hydrogens (tertiary/aromatic N) is 1. The van der Waals surface area contributed by atoms with Crippen molar-refractivity contribution in [1.29, 1.82) is 0 Å². The molecule has 4 nitrogen and oxygen atoms in total. The molecule has 0 saturated heterocycles. The van der Waals surface area contributed by atoms with Crippen molar-refractivity contribution >= 4 is 10.0 Å². The smallest absolute Gasteiger partial charge is 0.218 e. The van der Waals surface area contributed by atoms with Crippen LogP contribution in [0.25, 0.3) is 0 Å². The summed E-state index contributed by atoms with van der Waals surface area (Å²) < 4.78 is 26.3. The average Bonchev–Trinajstić information content (AvgIpc) is 3.20. The molecule has 1 aromatic rings. The highest BCUT2D eigenvalue weighted by Crippen LogP contribution is 2.30. The Bertz CT molecular complexity index is 532. The van der Waals surface area contributed by atoms with Crippen molar-refractivity contribution < 1.29 is 13.5 Å². The van der Waals surface area contributed by atoms with Gasteiger partial charge < -0.3 is 5.11 Å². The lowest BCUT2D eigenvalue weighted by molar-refractivity contribution is 0.282. The molecule has 0 atom stereocenters. The molecule has 1 aliphatic carbocycles. The molecule has 0 radical (unpaired) electrons. The van der Waals surface area contributed by atoms with Gasteiger partial charge in [0.2, 0.25) is 10.0 Å². The van der Waals surface area contributed by atoms with Crippen LogP contribution in [-0.4, -0.2) is 30.4 Å². The van der Waals surface area contributed by atoms with Gasteiger partial charge >= 0.3 is 0 Å². The summed E-state index contributed by atoms with van der Waals surface area (Å²) in [5, 5.41) is 8.96. The van der Waals surface area contributed by atoms with E-state index in [1.165, 1.54) is 0 Å². The number of rotatable bonds is 7. The predicted molar refractivity (Wildman–Crippen MR) is 74.9 cm³/mol. The molecule has 1 aromatic carbocycles. The zero-order valence-corrected chi connectivity index (χ0v) is 11.6. The predicted octanol–water partition coefficient (Wildman–Crippen LogP) is 1.66. The molecule has 0 aliphatic heterocycles. The minimum Gasteiger partial charge on any atom is -0.392 e. The Hall–Kier alpha value is -1.17. The van der Waals surface area contributed by atoms with Crippen LogP contribution in [0.5, 0.6) is 0 Å². The molecule has 0 amide bonds. The van der Waals surface area contributed by atoms with Gasteiger partial charge in [-0.3, -0.25) is 0 Å². The van der Waals surface area contributed by atoms with Crippen LogP contribution in [0.4, 0.5) is 0 Å². The van der Waals surface area contributed by atoms with E-state index in [0.717, 1.165) is 24.0 Å². The SMILES string of the molecule is C=CCN(C1CC1)S(=O)(=O)Cc1ccc(CO)cc1. The van der Waals surface area contributed by atoms with Gasteiger partial charge in [-0.25, -0.2) is 8.42 Å². The lowest BCUT2D eigenvalue weighted by atomic mass is 10.2. The highest BCUT2D eigenvalue weighted by Gasteiger charge is 2.36. The van der Waals surface area contributed by atoms with Crippen molar-refractivity contribution in [3.63, 3.8) is 0 Å². The molecule has 1 N–H and O–H groups in total. The van der Waals surface area contributed by atoms with Gasteiger partial charge in [0.25, 0.3) is 0 Å². The number of benzene rings is 1. The third-order valence-corrected chi connectivity index (χ3v) is 5.04. The van der Waals surface area contributed by atoms with E-state index in [2.05, 4.69) is 6.58 Å². The summed E-state index contributed by atoms with van der Waals surface area (Å²) in [5.74, 6) is 0.00302. The molecule has 2 rings (SSSR count). The quantitative estimate of drug-likeness (QED) is 0.773. The summed E-state index contributed by atoms with van der Waals surface area (Å²) in [4.78, 5) is 0. The van der Waals surface area contributed by atoms with E-state index >= 15 is 0 Å². The summed E-state index contributed by atoms with van der Waals surface area (Å²) in [6.07, 6.45) is 3.51. The lowest BCUT2D eigenvalue weighted by Gasteiger charge is -2.20. The van der Waals surface area contributed by atoms with Crippen LogP contribution in [0.1, 0.15) is 24.0 Å². The van der Waals surface area contributed by atoms with Crippen LogP contribution in [-0.2, 0) is 22.4 Å². The first-order valence-electron chi connectivity index (χ1n) is 6.36. The average molecular weight is 281 g/mol. The van der Waals surface area contributed by atoms with E-state index in [0.29, 0.717) is 6.54 Å². The first-order valence-corrected chi connectivity index (χ1v) is 7.97. The number of sulfonamides is 1. The lowest BCUT2D eigenvalue weighted by Crippen LogP contribution is -2.34. The van der Waals surface area contributed by atoms with E-state index in [1.54, 1.807) is 34.6 Å². The topological polar surface area (TPSA) is 57.6 Å². The van der Waals surface area contributed by atoms with Gasteiger partial charge in [-0.1, -0.05) is 30.3 Å². The number of hydrogen-bond donors (Lipinski definition) is 1.